The standard InChI is InChI=1S/C14H19NO2/c1-10-9-11(15)4-6-13(10)14(16)7-5-12-3-2-8-17-12/h4,6,9,12H,2-3,5,7-8,15H2,1H3. The molecule has 0 bridgehead atoms. The van der Waals surface area contributed by atoms with Gasteiger partial charge in [-0.05, 0) is 49.9 Å². The zero-order chi connectivity index (χ0) is 12.3. The molecule has 17 heavy (non-hydrogen) atoms. The lowest BCUT2D eigenvalue weighted by Crippen LogP contribution is -2.09. The van der Waals surface area contributed by atoms with Crippen LogP contribution in [0, 0.1) is 6.92 Å². The topological polar surface area (TPSA) is 52.3 Å². The third kappa shape index (κ3) is 3.07. The van der Waals surface area contributed by atoms with E-state index in [4.69, 9.17) is 10.5 Å². The third-order valence-electron chi connectivity index (χ3n) is 3.27. The predicted molar refractivity (Wildman–Crippen MR) is 68.1 cm³/mol. The molecule has 1 unspecified atom stereocenters. The second-order valence-electron chi connectivity index (χ2n) is 4.67. The number of ketones is 1. The van der Waals surface area contributed by atoms with Crippen LogP contribution in [-0.2, 0) is 4.74 Å². The van der Waals surface area contributed by atoms with Crippen LogP contribution in [0.5, 0.6) is 0 Å². The lowest BCUT2D eigenvalue weighted by Gasteiger charge is -2.09. The molecule has 1 saturated heterocycles. The maximum atomic E-state index is 12.0. The van der Waals surface area contributed by atoms with Crippen molar-refractivity contribution in [2.75, 3.05) is 12.3 Å². The Hall–Kier alpha value is -1.35. The van der Waals surface area contributed by atoms with Gasteiger partial charge in [0.05, 0.1) is 6.10 Å². The first-order valence-corrected chi connectivity index (χ1v) is 6.18. The molecule has 0 radical (unpaired) electrons. The average Bonchev–Trinajstić information content (AvgIpc) is 2.78. The molecule has 3 nitrogen and oxygen atoms in total. The van der Waals surface area contributed by atoms with Gasteiger partial charge in [0.1, 0.15) is 0 Å². The lowest BCUT2D eigenvalue weighted by atomic mass is 9.99. The molecule has 1 aromatic rings. The van der Waals surface area contributed by atoms with E-state index in [1.54, 1.807) is 6.07 Å². The van der Waals surface area contributed by atoms with Crippen LogP contribution in [0.3, 0.4) is 0 Å². The molecule has 1 aromatic carbocycles. The van der Waals surface area contributed by atoms with Crippen molar-refractivity contribution < 1.29 is 9.53 Å². The summed E-state index contributed by atoms with van der Waals surface area (Å²) in [5, 5.41) is 0. The SMILES string of the molecule is Cc1cc(N)ccc1C(=O)CCC1CCCO1. The Kier molecular flexibility index (Phi) is 3.79. The molecule has 0 amide bonds. The van der Waals surface area contributed by atoms with Crippen LogP contribution in [0.4, 0.5) is 5.69 Å². The number of ether oxygens (including phenoxy) is 1. The Bertz CT molecular complexity index is 409. The van der Waals surface area contributed by atoms with Crippen molar-refractivity contribution in [3.8, 4) is 0 Å². The summed E-state index contributed by atoms with van der Waals surface area (Å²) in [5.41, 5.74) is 8.13. The maximum Gasteiger partial charge on any atom is 0.163 e. The highest BCUT2D eigenvalue weighted by Crippen LogP contribution is 2.20. The monoisotopic (exact) mass is 233 g/mol. The van der Waals surface area contributed by atoms with Crippen LogP contribution in [-0.4, -0.2) is 18.5 Å². The smallest absolute Gasteiger partial charge is 0.163 e. The lowest BCUT2D eigenvalue weighted by molar-refractivity contribution is 0.0859. The number of carbonyl (C=O) groups is 1. The van der Waals surface area contributed by atoms with Crippen molar-refractivity contribution in [2.45, 2.75) is 38.7 Å². The number of nitrogens with two attached hydrogens (primary N) is 1. The van der Waals surface area contributed by atoms with Gasteiger partial charge < -0.3 is 10.5 Å². The van der Waals surface area contributed by atoms with E-state index in [-0.39, 0.29) is 11.9 Å². The fraction of sp³-hybridized carbons (Fsp3) is 0.500. The number of hydrogen-bond donors (Lipinski definition) is 1. The molecule has 3 heteroatoms. The van der Waals surface area contributed by atoms with E-state index in [9.17, 15) is 4.79 Å². The Morgan fingerprint density at radius 1 is 1.53 bits per heavy atom. The number of aryl methyl sites for hydroxylation is 1. The second kappa shape index (κ2) is 5.32. The van der Waals surface area contributed by atoms with Gasteiger partial charge in [0.15, 0.2) is 5.78 Å². The van der Waals surface area contributed by atoms with E-state index >= 15 is 0 Å². The van der Waals surface area contributed by atoms with Crippen molar-refractivity contribution in [1.82, 2.24) is 0 Å². The molecule has 0 aromatic heterocycles. The zero-order valence-electron chi connectivity index (χ0n) is 10.2. The van der Waals surface area contributed by atoms with Crippen molar-refractivity contribution in [3.63, 3.8) is 0 Å². The minimum absolute atomic E-state index is 0.193. The van der Waals surface area contributed by atoms with Crippen molar-refractivity contribution in [1.29, 1.82) is 0 Å². The number of hydrogen-bond acceptors (Lipinski definition) is 3. The summed E-state index contributed by atoms with van der Waals surface area (Å²) < 4.78 is 5.52. The van der Waals surface area contributed by atoms with Crippen molar-refractivity contribution >= 4 is 11.5 Å². The van der Waals surface area contributed by atoms with E-state index in [0.29, 0.717) is 12.1 Å². The fourth-order valence-corrected chi connectivity index (χ4v) is 2.30. The summed E-state index contributed by atoms with van der Waals surface area (Å²) in [6.45, 7) is 2.77. The Morgan fingerprint density at radius 3 is 3.00 bits per heavy atom. The molecule has 0 aliphatic carbocycles. The number of Topliss-reactive ketones (excluding diaryl/α,β-unsaturated/α-hetero) is 1. The average molecular weight is 233 g/mol. The summed E-state index contributed by atoms with van der Waals surface area (Å²) in [6, 6.07) is 5.45. The van der Waals surface area contributed by atoms with Crippen LogP contribution in [0.15, 0.2) is 18.2 Å². The van der Waals surface area contributed by atoms with Gasteiger partial charge in [-0.3, -0.25) is 4.79 Å². The van der Waals surface area contributed by atoms with Crippen molar-refractivity contribution in [2.24, 2.45) is 0 Å². The van der Waals surface area contributed by atoms with Crippen LogP contribution in [0.2, 0.25) is 0 Å². The number of carbonyl (C=O) groups excluding carboxylic acids is 1. The van der Waals surface area contributed by atoms with E-state index in [1.165, 1.54) is 0 Å². The van der Waals surface area contributed by atoms with E-state index in [1.807, 2.05) is 19.1 Å². The Balaban J connectivity index is 1.94. The molecule has 1 aliphatic heterocycles. The maximum absolute atomic E-state index is 12.0. The zero-order valence-corrected chi connectivity index (χ0v) is 10.2. The largest absolute Gasteiger partial charge is 0.399 e. The van der Waals surface area contributed by atoms with E-state index in [0.717, 1.165) is 37.0 Å². The third-order valence-corrected chi connectivity index (χ3v) is 3.27. The number of anilines is 1. The summed E-state index contributed by atoms with van der Waals surface area (Å²) in [5.74, 6) is 0.193. The van der Waals surface area contributed by atoms with E-state index < -0.39 is 0 Å². The van der Waals surface area contributed by atoms with Crippen LogP contribution in [0.25, 0.3) is 0 Å². The molecular formula is C14H19NO2. The van der Waals surface area contributed by atoms with Crippen LogP contribution < -0.4 is 5.73 Å². The van der Waals surface area contributed by atoms with Gasteiger partial charge in [-0.25, -0.2) is 0 Å². The van der Waals surface area contributed by atoms with Crippen LogP contribution in [0.1, 0.15) is 41.6 Å². The van der Waals surface area contributed by atoms with Gasteiger partial charge >= 0.3 is 0 Å². The first kappa shape index (κ1) is 12.1. The molecule has 2 N–H and O–H groups in total. The minimum atomic E-state index is 0.193. The van der Waals surface area contributed by atoms with Gasteiger partial charge in [0.25, 0.3) is 0 Å². The second-order valence-corrected chi connectivity index (χ2v) is 4.67. The van der Waals surface area contributed by atoms with E-state index in [2.05, 4.69) is 0 Å². The van der Waals surface area contributed by atoms with Crippen LogP contribution >= 0.6 is 0 Å². The molecular weight excluding hydrogens is 214 g/mol. The normalized spacial score (nSPS) is 19.5. The fourth-order valence-electron chi connectivity index (χ4n) is 2.30. The predicted octanol–water partition coefficient (Wildman–Crippen LogP) is 2.72. The Morgan fingerprint density at radius 2 is 2.35 bits per heavy atom. The molecule has 1 aliphatic rings. The molecule has 2 rings (SSSR count). The molecule has 0 saturated carbocycles. The first-order chi connectivity index (χ1) is 8.16. The molecule has 0 spiro atoms. The van der Waals surface area contributed by atoms with Gasteiger partial charge in [0.2, 0.25) is 0 Å². The number of benzene rings is 1. The summed E-state index contributed by atoms with van der Waals surface area (Å²) in [6.07, 6.45) is 3.90. The van der Waals surface area contributed by atoms with Gasteiger partial charge in [-0.2, -0.15) is 0 Å². The molecule has 1 fully saturated rings. The van der Waals surface area contributed by atoms with Crippen molar-refractivity contribution in [3.05, 3.63) is 29.3 Å². The van der Waals surface area contributed by atoms with Gasteiger partial charge in [-0.1, -0.05) is 0 Å². The highest BCUT2D eigenvalue weighted by molar-refractivity contribution is 5.97. The first-order valence-electron chi connectivity index (χ1n) is 6.18. The number of rotatable bonds is 4. The highest BCUT2D eigenvalue weighted by atomic mass is 16.5. The highest BCUT2D eigenvalue weighted by Gasteiger charge is 2.17. The minimum Gasteiger partial charge on any atom is -0.399 e. The quantitative estimate of drug-likeness (QED) is 0.642. The number of nitrogen functional groups attached to an aromatic ring is 1. The molecule has 1 atom stereocenters. The molecule has 92 valence electrons. The summed E-state index contributed by atoms with van der Waals surface area (Å²) >= 11 is 0. The summed E-state index contributed by atoms with van der Waals surface area (Å²) in [7, 11) is 0. The van der Waals surface area contributed by atoms with Gasteiger partial charge in [-0.15, -0.1) is 0 Å². The van der Waals surface area contributed by atoms with Gasteiger partial charge in [0, 0.05) is 24.3 Å². The Labute approximate surface area is 102 Å². The molecule has 1 heterocycles. The summed E-state index contributed by atoms with van der Waals surface area (Å²) in [4.78, 5) is 12.0.